The first-order valence-electron chi connectivity index (χ1n) is 17.5. The van der Waals surface area contributed by atoms with Crippen molar-refractivity contribution in [2.75, 3.05) is 5.01 Å². The third-order valence-electron chi connectivity index (χ3n) is 8.45. The van der Waals surface area contributed by atoms with Crippen LogP contribution in [0.1, 0.15) is 46.1 Å². The number of nitrogens with zero attached hydrogens (tertiary/aromatic N) is 10. The minimum atomic E-state index is -0.643. The van der Waals surface area contributed by atoms with Crippen LogP contribution in [0.15, 0.2) is 128 Å². The predicted molar refractivity (Wildman–Crippen MR) is 209 cm³/mol. The van der Waals surface area contributed by atoms with Gasteiger partial charge in [0.2, 0.25) is 5.78 Å². The van der Waals surface area contributed by atoms with Crippen molar-refractivity contribution in [1.82, 2.24) is 15.0 Å². The third-order valence-corrected chi connectivity index (χ3v) is 8.45. The predicted octanol–water partition coefficient (Wildman–Crippen LogP) is 5.57. The fourth-order valence-electron chi connectivity index (χ4n) is 5.45. The summed E-state index contributed by atoms with van der Waals surface area (Å²) in [6.07, 6.45) is 9.78. The molecular weight excluding hydrogens is 797 g/mol. The van der Waals surface area contributed by atoms with Crippen LogP contribution >= 0.6 is 0 Å². The molecule has 19 nitrogen and oxygen atoms in total. The minimum Gasteiger partial charge on any atom is -0.871 e. The van der Waals surface area contributed by atoms with Crippen molar-refractivity contribution >= 4 is 51.6 Å². The largest absolute Gasteiger partial charge is 3.00 e. The number of nitrogens with two attached hydrogens (primary N) is 1. The number of carbonyl (C=O) groups is 2. The zero-order valence-electron chi connectivity index (χ0n) is 32.0. The van der Waals surface area contributed by atoms with Gasteiger partial charge in [0.15, 0.2) is 5.71 Å². The van der Waals surface area contributed by atoms with E-state index in [1.807, 2.05) is 12.1 Å². The number of carbonyl (C=O) groups excluding carboxylic acids is 2. The molecule has 0 atom stereocenters. The van der Waals surface area contributed by atoms with Gasteiger partial charge in [0.25, 0.3) is 5.69 Å². The van der Waals surface area contributed by atoms with Crippen LogP contribution in [-0.2, 0) is 26.4 Å². The standard InChI is InChI=1S/C16H13N5O4.C16H11N5O4.C6H13N.Co/c2*1-10-15(16(23)20(19-10)11-5-3-2-4-6-11)18-17-13-9-12(21(24)25)7-8-14(13)22;7-6-4-2-1-3-5-6;/h2-9,22-23H,1H3;2-9H,1H3;6H,1-5,7H2;/q;-2;;+3/p-1. The second-order valence-electron chi connectivity index (χ2n) is 12.6. The molecule has 0 bridgehead atoms. The number of anilines is 1. The van der Waals surface area contributed by atoms with E-state index in [2.05, 4.69) is 30.6 Å². The molecule has 0 radical (unpaired) electrons. The van der Waals surface area contributed by atoms with Crippen LogP contribution in [0.5, 0.6) is 11.6 Å². The number of hydrogen-bond acceptors (Lipinski definition) is 16. The molecule has 1 amide bonds. The zero-order chi connectivity index (χ0) is 41.1. The Morgan fingerprint density at radius 3 is 2.10 bits per heavy atom. The molecular formula is C38H36CoN11O8. The summed E-state index contributed by atoms with van der Waals surface area (Å²) in [5.41, 5.74) is 6.35. The smallest absolute Gasteiger partial charge is 0.871 e. The number of hydrogen-bond donors (Lipinski definition) is 1. The van der Waals surface area contributed by atoms with Crippen molar-refractivity contribution in [2.45, 2.75) is 52.0 Å². The van der Waals surface area contributed by atoms with E-state index in [1.54, 1.807) is 62.4 Å². The summed E-state index contributed by atoms with van der Waals surface area (Å²) in [7, 11) is 0. The molecule has 0 unspecified atom stereocenters. The topological polar surface area (TPSA) is 282 Å². The van der Waals surface area contributed by atoms with Gasteiger partial charge in [-0.05, 0) is 69.2 Å². The van der Waals surface area contributed by atoms with Crippen molar-refractivity contribution in [3.63, 3.8) is 0 Å². The summed E-state index contributed by atoms with van der Waals surface area (Å²) < 4.78 is 1.18. The summed E-state index contributed by atoms with van der Waals surface area (Å²) in [6, 6.07) is 21.2. The molecule has 20 heteroatoms. The summed E-state index contributed by atoms with van der Waals surface area (Å²) in [4.78, 5) is 34.3. The van der Waals surface area contributed by atoms with Gasteiger partial charge in [-0.3, -0.25) is 19.7 Å². The number of ketones is 1. The number of hydrazone groups is 1. The maximum Gasteiger partial charge on any atom is 3.00 e. The number of nitro groups is 1. The van der Waals surface area contributed by atoms with E-state index in [0.717, 1.165) is 36.4 Å². The third kappa shape index (κ3) is 11.2. The SMILES string of the molecule is CC1=NN(c2ccccc2)C(=O)C1=NN=C1C=C(N([O-])[O-])C=CC1=O.Cc1nn(-c2ccccc2)c([O-])c1N=Nc1cc([N+](=O)[O-])ccc1[O-].NC1CCCCC1.[Co+3].[H+]. The fourth-order valence-corrected chi connectivity index (χ4v) is 5.45. The van der Waals surface area contributed by atoms with Crippen molar-refractivity contribution < 1.29 is 42.9 Å². The molecule has 3 aromatic carbocycles. The van der Waals surface area contributed by atoms with E-state index in [-0.39, 0.29) is 52.4 Å². The first kappa shape index (κ1) is 44.0. The number of hydroxylamine groups is 2. The normalized spacial score (nSPS) is 16.6. The van der Waals surface area contributed by atoms with Crippen molar-refractivity contribution in [3.8, 4) is 17.3 Å². The summed E-state index contributed by atoms with van der Waals surface area (Å²) in [5, 5.41) is 80.3. The fraction of sp³-hybridized carbons (Fsp3) is 0.211. The van der Waals surface area contributed by atoms with Crippen LogP contribution in [0, 0.1) is 27.5 Å². The second kappa shape index (κ2) is 20.5. The Morgan fingerprint density at radius 1 is 0.879 bits per heavy atom. The molecule has 1 aliphatic heterocycles. The molecule has 300 valence electrons. The van der Waals surface area contributed by atoms with Crippen LogP contribution in [0.3, 0.4) is 0 Å². The number of non-ortho nitro benzene ring substituents is 1. The van der Waals surface area contributed by atoms with Gasteiger partial charge in [-0.25, -0.2) is 4.68 Å². The van der Waals surface area contributed by atoms with E-state index in [1.165, 1.54) is 41.8 Å². The van der Waals surface area contributed by atoms with Gasteiger partial charge >= 0.3 is 24.1 Å². The quantitative estimate of drug-likeness (QED) is 0.104. The number of aromatic nitrogens is 2. The molecule has 58 heavy (non-hydrogen) atoms. The van der Waals surface area contributed by atoms with Gasteiger partial charge in [-0.2, -0.15) is 20.3 Å². The van der Waals surface area contributed by atoms with Crippen LogP contribution in [0.4, 0.5) is 22.7 Å². The molecule has 1 aromatic heterocycles. The number of nitro benzene ring substituents is 1. The summed E-state index contributed by atoms with van der Waals surface area (Å²) in [5.74, 6) is -2.06. The Labute approximate surface area is 343 Å². The number of amides is 1. The average Bonchev–Trinajstić information content (AvgIpc) is 3.66. The van der Waals surface area contributed by atoms with Gasteiger partial charge in [0, 0.05) is 29.8 Å². The molecule has 3 aliphatic rings. The van der Waals surface area contributed by atoms with E-state index in [9.17, 15) is 40.3 Å². The van der Waals surface area contributed by atoms with Gasteiger partial charge in [0.1, 0.15) is 11.4 Å². The van der Waals surface area contributed by atoms with Crippen molar-refractivity contribution in [3.05, 3.63) is 129 Å². The first-order chi connectivity index (χ1) is 27.3. The molecule has 7 rings (SSSR count). The molecule has 4 aromatic rings. The molecule has 0 saturated heterocycles. The second-order valence-corrected chi connectivity index (χ2v) is 12.6. The Kier molecular flexibility index (Phi) is 15.5. The Morgan fingerprint density at radius 2 is 1.52 bits per heavy atom. The van der Waals surface area contributed by atoms with Gasteiger partial charge < -0.3 is 31.6 Å². The van der Waals surface area contributed by atoms with Crippen LogP contribution in [0.2, 0.25) is 0 Å². The van der Waals surface area contributed by atoms with E-state index in [4.69, 9.17) is 5.73 Å². The van der Waals surface area contributed by atoms with Gasteiger partial charge in [-0.1, -0.05) is 67.5 Å². The van der Waals surface area contributed by atoms with Crippen LogP contribution in [0.25, 0.3) is 5.69 Å². The average molecular weight is 834 g/mol. The minimum absolute atomic E-state index is 0. The maximum absolute atomic E-state index is 12.4. The molecule has 0 spiro atoms. The summed E-state index contributed by atoms with van der Waals surface area (Å²) in [6.45, 7) is 3.17. The van der Waals surface area contributed by atoms with Gasteiger partial charge in [-0.15, -0.1) is 15.3 Å². The molecule has 2 aliphatic carbocycles. The van der Waals surface area contributed by atoms with Crippen LogP contribution < -0.4 is 21.0 Å². The molecule has 2 heterocycles. The molecule has 2 N–H and O–H groups in total. The number of aryl methyl sites for hydroxylation is 1. The number of rotatable bonds is 7. The Hall–Kier alpha value is -6.71. The van der Waals surface area contributed by atoms with E-state index in [0.29, 0.717) is 28.8 Å². The maximum atomic E-state index is 12.4. The number of benzene rings is 3. The Balaban J connectivity index is 0.000000263. The zero-order valence-corrected chi connectivity index (χ0v) is 32.0. The first-order valence-corrected chi connectivity index (χ1v) is 17.5. The van der Waals surface area contributed by atoms with Gasteiger partial charge in [0.05, 0.1) is 33.4 Å². The van der Waals surface area contributed by atoms with E-state index < -0.39 is 33.5 Å². The van der Waals surface area contributed by atoms with Crippen molar-refractivity contribution in [1.29, 1.82) is 0 Å². The monoisotopic (exact) mass is 833 g/mol. The number of allylic oxidation sites excluding steroid dienone is 3. The van der Waals surface area contributed by atoms with Crippen LogP contribution in [-0.4, -0.2) is 54.8 Å². The Bertz CT molecular complexity index is 2310. The molecule has 1 saturated carbocycles. The summed E-state index contributed by atoms with van der Waals surface area (Å²) >= 11 is 0. The van der Waals surface area contributed by atoms with Crippen molar-refractivity contribution in [2.24, 2.45) is 31.3 Å². The van der Waals surface area contributed by atoms with E-state index >= 15 is 0 Å². The molecule has 1 fully saturated rings. The number of para-hydroxylation sites is 2. The number of azo groups is 1.